The Morgan fingerprint density at radius 1 is 1.34 bits per heavy atom. The number of allylic oxidation sites excluding steroid dienone is 1. The molecule has 3 aliphatic rings. The van der Waals surface area contributed by atoms with Crippen molar-refractivity contribution in [3.63, 3.8) is 0 Å². The predicted octanol–water partition coefficient (Wildman–Crippen LogP) is 0.925. The van der Waals surface area contributed by atoms with Crippen LogP contribution in [0.25, 0.3) is 11.0 Å². The largest absolute Gasteiger partial charge is 0.410 e. The molecular weight excluding hydrogens is 469 g/mol. The van der Waals surface area contributed by atoms with Crippen LogP contribution in [-0.2, 0) is 4.79 Å². The Hall–Kier alpha value is -3.81. The second kappa shape index (κ2) is 8.45. The second-order valence-electron chi connectivity index (χ2n) is 8.61. The van der Waals surface area contributed by atoms with Gasteiger partial charge in [-0.05, 0) is 31.6 Å². The number of fused-ring (bicyclic) bond motifs is 4. The minimum Gasteiger partial charge on any atom is -0.394 e. The Kier molecular flexibility index (Phi) is 5.54. The molecule has 0 saturated carbocycles. The summed E-state index contributed by atoms with van der Waals surface area (Å²) in [7, 11) is 0. The summed E-state index contributed by atoms with van der Waals surface area (Å²) in [5, 5.41) is 24.1. The first-order valence-electron chi connectivity index (χ1n) is 11.0. The number of rotatable bonds is 4. The molecule has 3 amide bonds. The molecule has 35 heavy (non-hydrogen) atoms. The number of aliphatic hydroxyl groups excluding tert-OH is 1. The van der Waals surface area contributed by atoms with Crippen molar-refractivity contribution in [2.75, 3.05) is 25.0 Å². The van der Waals surface area contributed by atoms with Gasteiger partial charge in [0.15, 0.2) is 11.5 Å². The average molecular weight is 492 g/mol. The third-order valence-electron chi connectivity index (χ3n) is 6.28. The van der Waals surface area contributed by atoms with Gasteiger partial charge in [0.05, 0.1) is 23.7 Å². The summed E-state index contributed by atoms with van der Waals surface area (Å²) in [6.07, 6.45) is -1.07. The van der Waals surface area contributed by atoms with Crippen molar-refractivity contribution in [2.24, 2.45) is 0 Å². The molecule has 3 atom stereocenters. The SMILES string of the molecule is Cc1ccc2c(NC(=O)N3C4=C(C=CC(C(=O)N[C@H](CO)C(F)(F)F)N4)N4CC[C@H]3C4)n[nH]c2n1. The lowest BCUT2D eigenvalue weighted by atomic mass is 10.1. The summed E-state index contributed by atoms with van der Waals surface area (Å²) in [5.74, 6) is -0.367. The number of aryl methyl sites for hydroxylation is 1. The second-order valence-corrected chi connectivity index (χ2v) is 8.61. The lowest BCUT2D eigenvalue weighted by Gasteiger charge is -2.41. The van der Waals surface area contributed by atoms with Crippen LogP contribution < -0.4 is 16.0 Å². The Bertz CT molecular complexity index is 1240. The summed E-state index contributed by atoms with van der Waals surface area (Å²) in [6.45, 7) is 1.82. The van der Waals surface area contributed by atoms with E-state index in [9.17, 15) is 22.8 Å². The van der Waals surface area contributed by atoms with E-state index in [0.717, 1.165) is 5.69 Å². The number of halogens is 3. The number of carbonyl (C=O) groups excluding carboxylic acids is 2. The summed E-state index contributed by atoms with van der Waals surface area (Å²) in [4.78, 5) is 33.8. The molecule has 2 bridgehead atoms. The van der Waals surface area contributed by atoms with Gasteiger partial charge in [-0.2, -0.15) is 18.3 Å². The number of nitrogens with one attached hydrogen (secondary N) is 4. The van der Waals surface area contributed by atoms with Crippen LogP contribution in [0.4, 0.5) is 23.8 Å². The zero-order chi connectivity index (χ0) is 24.9. The Morgan fingerprint density at radius 2 is 2.14 bits per heavy atom. The van der Waals surface area contributed by atoms with Crippen LogP contribution in [0.5, 0.6) is 0 Å². The minimum absolute atomic E-state index is 0.206. The van der Waals surface area contributed by atoms with Crippen LogP contribution in [0.2, 0.25) is 0 Å². The summed E-state index contributed by atoms with van der Waals surface area (Å²) >= 11 is 0. The van der Waals surface area contributed by atoms with Gasteiger partial charge in [0.1, 0.15) is 17.9 Å². The van der Waals surface area contributed by atoms with E-state index in [2.05, 4.69) is 25.8 Å². The molecule has 2 aromatic heterocycles. The number of carbonyl (C=O) groups is 2. The fourth-order valence-corrected chi connectivity index (χ4v) is 4.51. The first-order chi connectivity index (χ1) is 16.7. The monoisotopic (exact) mass is 492 g/mol. The number of anilines is 1. The standard InChI is InChI=1S/C21H23F3N8O3/c1-10-2-3-12-16(25-10)29-30-17(12)28-20(35)32-11-6-7-31(8-11)14-5-4-13(26-18(14)32)19(34)27-15(9-33)21(22,23)24/h2-5,11,13,15,26,33H,6-9H2,1H3,(H,27,34)(H2,25,28,29,30,35)/t11-,13?,15+/m0/s1. The molecule has 1 unspecified atom stereocenters. The van der Waals surface area contributed by atoms with Crippen LogP contribution >= 0.6 is 0 Å². The number of H-pyrrole nitrogens is 1. The minimum atomic E-state index is -4.80. The van der Waals surface area contributed by atoms with Gasteiger partial charge in [0, 0.05) is 18.8 Å². The number of nitrogens with zero attached hydrogens (tertiary/aromatic N) is 4. The van der Waals surface area contributed by atoms with Crippen LogP contribution in [-0.4, -0.2) is 86.0 Å². The maximum Gasteiger partial charge on any atom is 0.410 e. The normalized spacial score (nSPS) is 22.2. The van der Waals surface area contributed by atoms with Crippen molar-refractivity contribution in [3.8, 4) is 0 Å². The van der Waals surface area contributed by atoms with Crippen molar-refractivity contribution >= 4 is 28.8 Å². The molecule has 5 N–H and O–H groups in total. The third kappa shape index (κ3) is 4.13. The highest BCUT2D eigenvalue weighted by atomic mass is 19.4. The van der Waals surface area contributed by atoms with Crippen molar-refractivity contribution < 1.29 is 27.9 Å². The zero-order valence-electron chi connectivity index (χ0n) is 18.6. The van der Waals surface area contributed by atoms with E-state index in [4.69, 9.17) is 5.11 Å². The lowest BCUT2D eigenvalue weighted by molar-refractivity contribution is -0.168. The molecule has 1 saturated heterocycles. The Morgan fingerprint density at radius 3 is 2.89 bits per heavy atom. The van der Waals surface area contributed by atoms with E-state index < -0.39 is 36.8 Å². The zero-order valence-corrected chi connectivity index (χ0v) is 18.6. The molecule has 0 spiro atoms. The fourth-order valence-electron chi connectivity index (χ4n) is 4.51. The molecule has 5 heterocycles. The number of alkyl halides is 3. The van der Waals surface area contributed by atoms with Crippen molar-refractivity contribution in [1.29, 1.82) is 0 Å². The molecule has 0 aliphatic carbocycles. The van der Waals surface area contributed by atoms with Gasteiger partial charge in [0.25, 0.3) is 0 Å². The van der Waals surface area contributed by atoms with E-state index >= 15 is 0 Å². The average Bonchev–Trinajstić information content (AvgIpc) is 3.40. The molecule has 14 heteroatoms. The van der Waals surface area contributed by atoms with Gasteiger partial charge in [-0.25, -0.2) is 9.78 Å². The lowest BCUT2D eigenvalue weighted by Crippen LogP contribution is -2.58. The van der Waals surface area contributed by atoms with Crippen LogP contribution in [0.15, 0.2) is 35.8 Å². The number of aromatic nitrogens is 3. The number of urea groups is 1. The van der Waals surface area contributed by atoms with Crippen molar-refractivity contribution in [3.05, 3.63) is 41.5 Å². The highest BCUT2D eigenvalue weighted by molar-refractivity contribution is 5.98. The number of aromatic amines is 1. The Labute approximate surface area is 197 Å². The molecule has 186 valence electrons. The first kappa shape index (κ1) is 23.0. The third-order valence-corrected chi connectivity index (χ3v) is 6.28. The molecule has 0 radical (unpaired) electrons. The first-order valence-corrected chi connectivity index (χ1v) is 11.0. The van der Waals surface area contributed by atoms with Gasteiger partial charge in [-0.3, -0.25) is 20.1 Å². The molecule has 1 fully saturated rings. The van der Waals surface area contributed by atoms with E-state index in [1.54, 1.807) is 18.2 Å². The predicted molar refractivity (Wildman–Crippen MR) is 118 cm³/mol. The van der Waals surface area contributed by atoms with Gasteiger partial charge in [0.2, 0.25) is 5.91 Å². The Balaban J connectivity index is 1.38. The summed E-state index contributed by atoms with van der Waals surface area (Å²) in [6, 6.07) is -0.684. The number of hydrogen-bond donors (Lipinski definition) is 5. The topological polar surface area (TPSA) is 139 Å². The van der Waals surface area contributed by atoms with Crippen LogP contribution in [0, 0.1) is 6.92 Å². The maximum absolute atomic E-state index is 13.4. The molecule has 2 aromatic rings. The van der Waals surface area contributed by atoms with Gasteiger partial charge < -0.3 is 20.6 Å². The van der Waals surface area contributed by atoms with E-state index in [0.29, 0.717) is 42.1 Å². The van der Waals surface area contributed by atoms with E-state index in [-0.39, 0.29) is 11.9 Å². The molecule has 5 rings (SSSR count). The van der Waals surface area contributed by atoms with Gasteiger partial charge in [-0.1, -0.05) is 6.08 Å². The van der Waals surface area contributed by atoms with Crippen molar-refractivity contribution in [1.82, 2.24) is 35.6 Å². The van der Waals surface area contributed by atoms with Gasteiger partial charge >= 0.3 is 12.2 Å². The number of aliphatic hydroxyl groups is 1. The van der Waals surface area contributed by atoms with Crippen LogP contribution in [0.3, 0.4) is 0 Å². The summed E-state index contributed by atoms with van der Waals surface area (Å²) in [5.41, 5.74) is 1.97. The van der Waals surface area contributed by atoms with E-state index in [1.807, 2.05) is 17.1 Å². The van der Waals surface area contributed by atoms with Crippen LogP contribution in [0.1, 0.15) is 12.1 Å². The molecule has 0 aromatic carbocycles. The number of amides is 3. The molecule has 3 aliphatic heterocycles. The number of pyridine rings is 1. The summed E-state index contributed by atoms with van der Waals surface area (Å²) < 4.78 is 39.0. The molecular formula is C21H23F3N8O3. The molecule has 11 nitrogen and oxygen atoms in total. The highest BCUT2D eigenvalue weighted by Gasteiger charge is 2.44. The number of hydrogen-bond acceptors (Lipinski definition) is 7. The quantitative estimate of drug-likeness (QED) is 0.428. The smallest absolute Gasteiger partial charge is 0.394 e. The highest BCUT2D eigenvalue weighted by Crippen LogP contribution is 2.34. The number of dihydropyridines is 1. The fraction of sp³-hybridized carbons (Fsp3) is 0.429. The van der Waals surface area contributed by atoms with E-state index in [1.165, 1.54) is 11.0 Å². The van der Waals surface area contributed by atoms with Gasteiger partial charge in [-0.15, -0.1) is 0 Å². The maximum atomic E-state index is 13.4. The van der Waals surface area contributed by atoms with Crippen molar-refractivity contribution in [2.45, 2.75) is 37.6 Å².